The number of aliphatic carboxylic acids is 1. The van der Waals surface area contributed by atoms with Crippen LogP contribution in [0.2, 0.25) is 0 Å². The van der Waals surface area contributed by atoms with Crippen LogP contribution in [0.4, 0.5) is 4.39 Å². The van der Waals surface area contributed by atoms with Crippen molar-refractivity contribution in [2.75, 3.05) is 14.2 Å². The Morgan fingerprint density at radius 1 is 1.48 bits per heavy atom. The Morgan fingerprint density at radius 2 is 2.22 bits per heavy atom. The molecule has 0 aliphatic carbocycles. The summed E-state index contributed by atoms with van der Waals surface area (Å²) in [5, 5.41) is 13.4. The number of carbonyl (C=O) groups is 1. The van der Waals surface area contributed by atoms with E-state index in [4.69, 9.17) is 9.26 Å². The van der Waals surface area contributed by atoms with E-state index in [0.717, 1.165) is 12.1 Å². The van der Waals surface area contributed by atoms with Gasteiger partial charge in [-0.3, -0.25) is 9.69 Å². The summed E-state index contributed by atoms with van der Waals surface area (Å²) in [4.78, 5) is 13.2. The quantitative estimate of drug-likeness (QED) is 0.844. The van der Waals surface area contributed by atoms with E-state index in [0.29, 0.717) is 11.3 Å². The van der Waals surface area contributed by atoms with Crippen molar-refractivity contribution in [3.8, 4) is 5.75 Å². The molecule has 0 aliphatic rings. The molecule has 0 fully saturated rings. The van der Waals surface area contributed by atoms with Crippen molar-refractivity contribution >= 4 is 5.97 Å². The van der Waals surface area contributed by atoms with E-state index >= 15 is 0 Å². The molecule has 1 aromatic carbocycles. The predicted molar refractivity (Wildman–Crippen MR) is 80.7 cm³/mol. The number of halogens is 1. The normalized spacial score (nSPS) is 12.4. The molecule has 2 rings (SSSR count). The fourth-order valence-corrected chi connectivity index (χ4v) is 2.37. The molecule has 1 N–H and O–H groups in total. The smallest absolute Gasteiger partial charge is 0.325 e. The lowest BCUT2D eigenvalue weighted by Gasteiger charge is -2.24. The monoisotopic (exact) mass is 322 g/mol. The molecule has 0 spiro atoms. The number of nitrogens with zero attached hydrogens (tertiary/aromatic N) is 2. The SMILES string of the molecule is CCc1cc(CN(C)C(C(=O)O)c2ccc(OC)c(F)c2)on1. The third kappa shape index (κ3) is 3.87. The molecule has 124 valence electrons. The van der Waals surface area contributed by atoms with E-state index in [1.807, 2.05) is 6.92 Å². The topological polar surface area (TPSA) is 75.8 Å². The minimum absolute atomic E-state index is 0.0726. The van der Waals surface area contributed by atoms with E-state index in [-0.39, 0.29) is 12.3 Å². The summed E-state index contributed by atoms with van der Waals surface area (Å²) < 4.78 is 23.9. The first-order valence-electron chi connectivity index (χ1n) is 7.17. The lowest BCUT2D eigenvalue weighted by atomic mass is 10.0. The lowest BCUT2D eigenvalue weighted by molar-refractivity contribution is -0.143. The first-order valence-corrected chi connectivity index (χ1v) is 7.17. The van der Waals surface area contributed by atoms with Crippen molar-refractivity contribution in [1.29, 1.82) is 0 Å². The lowest BCUT2D eigenvalue weighted by Crippen LogP contribution is -2.30. The number of ether oxygens (including phenoxy) is 1. The second-order valence-electron chi connectivity index (χ2n) is 5.19. The Morgan fingerprint density at radius 3 is 2.74 bits per heavy atom. The maximum atomic E-state index is 13.8. The first kappa shape index (κ1) is 17.0. The van der Waals surface area contributed by atoms with Crippen LogP contribution in [0.25, 0.3) is 0 Å². The van der Waals surface area contributed by atoms with Gasteiger partial charge in [-0.1, -0.05) is 18.1 Å². The summed E-state index contributed by atoms with van der Waals surface area (Å²) in [5.41, 5.74) is 1.13. The van der Waals surface area contributed by atoms with Gasteiger partial charge in [-0.2, -0.15) is 0 Å². The molecular formula is C16H19FN2O4. The van der Waals surface area contributed by atoms with Crippen LogP contribution in [0.5, 0.6) is 5.75 Å². The summed E-state index contributed by atoms with van der Waals surface area (Å²) >= 11 is 0. The molecule has 1 aromatic heterocycles. The second kappa shape index (κ2) is 7.23. The fourth-order valence-electron chi connectivity index (χ4n) is 2.37. The van der Waals surface area contributed by atoms with Gasteiger partial charge in [-0.05, 0) is 31.2 Å². The van der Waals surface area contributed by atoms with Gasteiger partial charge in [0.25, 0.3) is 0 Å². The van der Waals surface area contributed by atoms with E-state index in [2.05, 4.69) is 5.16 Å². The maximum absolute atomic E-state index is 13.8. The Kier molecular flexibility index (Phi) is 5.33. The summed E-state index contributed by atoms with van der Waals surface area (Å²) in [6, 6.07) is 4.90. The van der Waals surface area contributed by atoms with E-state index in [1.165, 1.54) is 25.3 Å². The number of aryl methyl sites for hydroxylation is 1. The highest BCUT2D eigenvalue weighted by Gasteiger charge is 2.26. The predicted octanol–water partition coefficient (Wildman–Crippen LogP) is 2.64. The van der Waals surface area contributed by atoms with Gasteiger partial charge in [0.2, 0.25) is 0 Å². The number of rotatable bonds is 7. The average molecular weight is 322 g/mol. The van der Waals surface area contributed by atoms with Gasteiger partial charge >= 0.3 is 5.97 Å². The Bertz CT molecular complexity index is 686. The van der Waals surface area contributed by atoms with Crippen LogP contribution in [-0.4, -0.2) is 35.3 Å². The van der Waals surface area contributed by atoms with E-state index in [1.54, 1.807) is 18.0 Å². The number of likely N-dealkylation sites (N-methyl/N-ethyl adjacent to an activating group) is 1. The minimum Gasteiger partial charge on any atom is -0.494 e. The molecule has 0 saturated carbocycles. The molecule has 0 aliphatic heterocycles. The van der Waals surface area contributed by atoms with Gasteiger partial charge in [0.1, 0.15) is 6.04 Å². The summed E-state index contributed by atoms with van der Waals surface area (Å²) in [6.07, 6.45) is 0.735. The third-order valence-corrected chi connectivity index (χ3v) is 3.54. The summed E-state index contributed by atoms with van der Waals surface area (Å²) in [7, 11) is 2.99. The van der Waals surface area contributed by atoms with Gasteiger partial charge in [-0.15, -0.1) is 0 Å². The van der Waals surface area contributed by atoms with Gasteiger partial charge < -0.3 is 14.4 Å². The number of benzene rings is 1. The third-order valence-electron chi connectivity index (χ3n) is 3.54. The highest BCUT2D eigenvalue weighted by atomic mass is 19.1. The maximum Gasteiger partial charge on any atom is 0.325 e. The largest absolute Gasteiger partial charge is 0.494 e. The molecule has 2 aromatic rings. The Hall–Kier alpha value is -2.41. The number of carboxylic acids is 1. The van der Waals surface area contributed by atoms with Crippen molar-refractivity contribution in [2.45, 2.75) is 25.9 Å². The molecule has 1 heterocycles. The molecule has 6 nitrogen and oxygen atoms in total. The van der Waals surface area contributed by atoms with Crippen LogP contribution < -0.4 is 4.74 Å². The molecule has 1 unspecified atom stereocenters. The zero-order chi connectivity index (χ0) is 17.0. The van der Waals surface area contributed by atoms with Crippen molar-refractivity contribution in [3.05, 3.63) is 47.1 Å². The van der Waals surface area contributed by atoms with Crippen LogP contribution in [0.3, 0.4) is 0 Å². The summed E-state index contributed by atoms with van der Waals surface area (Å²) in [6.45, 7) is 2.20. The first-order chi connectivity index (χ1) is 11.0. The molecule has 0 radical (unpaired) electrons. The second-order valence-corrected chi connectivity index (χ2v) is 5.19. The average Bonchev–Trinajstić information content (AvgIpc) is 2.94. The fraction of sp³-hybridized carbons (Fsp3) is 0.375. The zero-order valence-corrected chi connectivity index (χ0v) is 13.2. The molecule has 0 saturated heterocycles. The number of carboxylic acid groups (broad SMARTS) is 1. The molecule has 0 bridgehead atoms. The van der Waals surface area contributed by atoms with Gasteiger partial charge in [0.05, 0.1) is 19.3 Å². The number of methoxy groups -OCH3 is 1. The van der Waals surface area contributed by atoms with E-state index < -0.39 is 17.8 Å². The zero-order valence-electron chi connectivity index (χ0n) is 13.2. The van der Waals surface area contributed by atoms with Gasteiger partial charge in [-0.25, -0.2) is 4.39 Å². The van der Waals surface area contributed by atoms with Gasteiger partial charge in [0, 0.05) is 6.07 Å². The number of hydrogen-bond acceptors (Lipinski definition) is 5. The van der Waals surface area contributed by atoms with Crippen LogP contribution in [0.1, 0.15) is 30.0 Å². The van der Waals surface area contributed by atoms with Crippen molar-refractivity contribution in [3.63, 3.8) is 0 Å². The van der Waals surface area contributed by atoms with Crippen LogP contribution in [0.15, 0.2) is 28.8 Å². The number of aromatic nitrogens is 1. The Labute approximate surface area is 133 Å². The molecule has 1 atom stereocenters. The molecular weight excluding hydrogens is 303 g/mol. The van der Waals surface area contributed by atoms with Gasteiger partial charge in [0.15, 0.2) is 17.3 Å². The van der Waals surface area contributed by atoms with Crippen molar-refractivity contribution in [2.24, 2.45) is 0 Å². The van der Waals surface area contributed by atoms with Crippen LogP contribution >= 0.6 is 0 Å². The molecule has 0 amide bonds. The van der Waals surface area contributed by atoms with Crippen LogP contribution in [0, 0.1) is 5.82 Å². The summed E-state index contributed by atoms with van der Waals surface area (Å²) in [5.74, 6) is -1.04. The minimum atomic E-state index is -1.08. The highest BCUT2D eigenvalue weighted by molar-refractivity contribution is 5.75. The van der Waals surface area contributed by atoms with Crippen molar-refractivity contribution < 1.29 is 23.6 Å². The molecule has 23 heavy (non-hydrogen) atoms. The number of hydrogen-bond donors (Lipinski definition) is 1. The van der Waals surface area contributed by atoms with Crippen LogP contribution in [-0.2, 0) is 17.8 Å². The van der Waals surface area contributed by atoms with E-state index in [9.17, 15) is 14.3 Å². The highest BCUT2D eigenvalue weighted by Crippen LogP contribution is 2.26. The molecule has 7 heteroatoms. The standard InChI is InChI=1S/C16H19FN2O4/c1-4-11-8-12(23-18-11)9-19(2)15(16(20)21)10-5-6-14(22-3)13(17)7-10/h5-8,15H,4,9H2,1-3H3,(H,20,21). The Balaban J connectivity index is 2.23. The van der Waals surface area contributed by atoms with Crippen molar-refractivity contribution in [1.82, 2.24) is 10.1 Å².